The van der Waals surface area contributed by atoms with Crippen LogP contribution in [0.3, 0.4) is 0 Å². The second kappa shape index (κ2) is 2.66. The first-order valence-corrected chi connectivity index (χ1v) is 3.59. The molecule has 0 aromatic carbocycles. The van der Waals surface area contributed by atoms with Gasteiger partial charge in [-0.15, -0.1) is 0 Å². The van der Waals surface area contributed by atoms with Crippen molar-refractivity contribution < 1.29 is 14.6 Å². The van der Waals surface area contributed by atoms with Crippen molar-refractivity contribution in [1.29, 1.82) is 0 Å². The molecule has 1 N–H and O–H groups in total. The summed E-state index contributed by atoms with van der Waals surface area (Å²) in [6.07, 6.45) is 3.28. The maximum absolute atomic E-state index is 10.7. The molecular formula is C8H12O3. The molecule has 1 aliphatic rings. The zero-order valence-corrected chi connectivity index (χ0v) is 6.70. The van der Waals surface area contributed by atoms with Crippen LogP contribution in [0.25, 0.3) is 0 Å². The lowest BCUT2D eigenvalue weighted by atomic mass is 9.97. The topological polar surface area (TPSA) is 46.5 Å². The number of rotatable bonds is 1. The highest BCUT2D eigenvalue weighted by Gasteiger charge is 2.30. The molecule has 0 spiro atoms. The highest BCUT2D eigenvalue weighted by molar-refractivity contribution is 5.82. The first-order chi connectivity index (χ1) is 5.00. The van der Waals surface area contributed by atoms with Gasteiger partial charge in [-0.05, 0) is 13.8 Å². The monoisotopic (exact) mass is 156 g/mol. The van der Waals surface area contributed by atoms with Crippen LogP contribution in [-0.2, 0) is 9.53 Å². The second-order valence-electron chi connectivity index (χ2n) is 3.22. The molecule has 0 saturated heterocycles. The van der Waals surface area contributed by atoms with Gasteiger partial charge >= 0.3 is 5.97 Å². The Hall–Kier alpha value is -0.830. The first-order valence-electron chi connectivity index (χ1n) is 3.59. The second-order valence-corrected chi connectivity index (χ2v) is 3.22. The number of hydrogen-bond acceptors (Lipinski definition) is 3. The Kier molecular flexibility index (Phi) is 2.00. The van der Waals surface area contributed by atoms with Crippen LogP contribution in [0, 0.1) is 0 Å². The maximum Gasteiger partial charge on any atom is 0.330 e. The van der Waals surface area contributed by atoms with Crippen LogP contribution in [-0.4, -0.2) is 22.8 Å². The summed E-state index contributed by atoms with van der Waals surface area (Å²) in [4.78, 5) is 10.7. The number of carbonyl (C=O) groups excluding carboxylic acids is 1. The van der Waals surface area contributed by atoms with Gasteiger partial charge in [0.25, 0.3) is 0 Å². The van der Waals surface area contributed by atoms with E-state index in [0.717, 1.165) is 0 Å². The predicted octanol–water partition coefficient (Wildman–Crippen LogP) is 0.629. The molecule has 62 valence electrons. The lowest BCUT2D eigenvalue weighted by molar-refractivity contribution is -0.157. The summed E-state index contributed by atoms with van der Waals surface area (Å²) in [6, 6.07) is 0. The number of aliphatic hydroxyl groups is 1. The molecule has 0 radical (unpaired) electrons. The van der Waals surface area contributed by atoms with Gasteiger partial charge in [0.2, 0.25) is 0 Å². The Morgan fingerprint density at radius 3 is 2.73 bits per heavy atom. The van der Waals surface area contributed by atoms with Gasteiger partial charge in [-0.25, -0.2) is 4.79 Å². The van der Waals surface area contributed by atoms with Gasteiger partial charge in [0.1, 0.15) is 6.10 Å². The van der Waals surface area contributed by atoms with Crippen molar-refractivity contribution in [3.05, 3.63) is 12.2 Å². The highest BCUT2D eigenvalue weighted by Crippen LogP contribution is 2.19. The Labute approximate surface area is 65.7 Å². The van der Waals surface area contributed by atoms with Crippen LogP contribution in [0.1, 0.15) is 20.3 Å². The molecule has 0 bridgehead atoms. The molecule has 1 aliphatic heterocycles. The molecule has 0 aromatic rings. The van der Waals surface area contributed by atoms with E-state index in [2.05, 4.69) is 0 Å². The molecule has 0 aromatic heterocycles. The van der Waals surface area contributed by atoms with Gasteiger partial charge in [-0.3, -0.25) is 0 Å². The van der Waals surface area contributed by atoms with Crippen LogP contribution >= 0.6 is 0 Å². The smallest absolute Gasteiger partial charge is 0.330 e. The molecule has 1 rings (SSSR count). The highest BCUT2D eigenvalue weighted by atomic mass is 16.6. The Morgan fingerprint density at radius 1 is 1.73 bits per heavy atom. The fraction of sp³-hybridized carbons (Fsp3) is 0.625. The fourth-order valence-electron chi connectivity index (χ4n) is 0.948. The lowest BCUT2D eigenvalue weighted by Gasteiger charge is -2.29. The SMILES string of the molecule is CC(C)(O)[C@H]1CC=CC(=O)O1. The van der Waals surface area contributed by atoms with Crippen molar-refractivity contribution >= 4 is 5.97 Å². The van der Waals surface area contributed by atoms with Crippen LogP contribution in [0.4, 0.5) is 0 Å². The van der Waals surface area contributed by atoms with E-state index in [4.69, 9.17) is 4.74 Å². The molecular weight excluding hydrogens is 144 g/mol. The molecule has 3 heteroatoms. The summed E-state index contributed by atoms with van der Waals surface area (Å²) in [5, 5.41) is 9.45. The van der Waals surface area contributed by atoms with Gasteiger partial charge < -0.3 is 9.84 Å². The zero-order chi connectivity index (χ0) is 8.48. The molecule has 1 atom stereocenters. The summed E-state index contributed by atoms with van der Waals surface area (Å²) >= 11 is 0. The summed E-state index contributed by atoms with van der Waals surface area (Å²) < 4.78 is 4.88. The van der Waals surface area contributed by atoms with Crippen molar-refractivity contribution in [1.82, 2.24) is 0 Å². The average Bonchev–Trinajstić information content (AvgIpc) is 1.86. The van der Waals surface area contributed by atoms with E-state index in [0.29, 0.717) is 6.42 Å². The molecule has 0 amide bonds. The van der Waals surface area contributed by atoms with Gasteiger partial charge in [0.05, 0.1) is 5.60 Å². The molecule has 3 nitrogen and oxygen atoms in total. The van der Waals surface area contributed by atoms with E-state index in [1.54, 1.807) is 19.9 Å². The van der Waals surface area contributed by atoms with Crippen LogP contribution in [0.5, 0.6) is 0 Å². The Morgan fingerprint density at radius 2 is 2.36 bits per heavy atom. The number of hydrogen-bond donors (Lipinski definition) is 1. The van der Waals surface area contributed by atoms with Gasteiger partial charge in [-0.2, -0.15) is 0 Å². The molecule has 0 unspecified atom stereocenters. The van der Waals surface area contributed by atoms with E-state index in [1.807, 2.05) is 0 Å². The summed E-state index contributed by atoms with van der Waals surface area (Å²) in [5.74, 6) is -0.372. The van der Waals surface area contributed by atoms with Gasteiger partial charge in [0, 0.05) is 12.5 Å². The third-order valence-corrected chi connectivity index (χ3v) is 1.65. The van der Waals surface area contributed by atoms with Crippen LogP contribution < -0.4 is 0 Å². The number of cyclic esters (lactones) is 1. The van der Waals surface area contributed by atoms with Crippen molar-refractivity contribution in [2.75, 3.05) is 0 Å². The van der Waals surface area contributed by atoms with Crippen molar-refractivity contribution in [3.8, 4) is 0 Å². The normalized spacial score (nSPS) is 25.0. The number of esters is 1. The minimum atomic E-state index is -0.944. The molecule has 1 heterocycles. The fourth-order valence-corrected chi connectivity index (χ4v) is 0.948. The van der Waals surface area contributed by atoms with E-state index >= 15 is 0 Å². The van der Waals surface area contributed by atoms with Gasteiger partial charge in [0.15, 0.2) is 0 Å². The summed E-state index contributed by atoms with van der Waals surface area (Å²) in [5.41, 5.74) is -0.944. The minimum absolute atomic E-state index is 0.372. The Balaban J connectivity index is 2.64. The number of ether oxygens (including phenoxy) is 1. The maximum atomic E-state index is 10.7. The van der Waals surface area contributed by atoms with E-state index in [-0.39, 0.29) is 5.97 Å². The largest absolute Gasteiger partial charge is 0.456 e. The molecule has 11 heavy (non-hydrogen) atoms. The summed E-state index contributed by atoms with van der Waals surface area (Å²) in [6.45, 7) is 3.26. The Bertz CT molecular complexity index is 188. The molecule has 0 aliphatic carbocycles. The molecule has 0 saturated carbocycles. The van der Waals surface area contributed by atoms with Crippen LogP contribution in [0.2, 0.25) is 0 Å². The summed E-state index contributed by atoms with van der Waals surface area (Å²) in [7, 11) is 0. The van der Waals surface area contributed by atoms with E-state index in [1.165, 1.54) is 6.08 Å². The van der Waals surface area contributed by atoms with E-state index < -0.39 is 11.7 Å². The average molecular weight is 156 g/mol. The zero-order valence-electron chi connectivity index (χ0n) is 6.70. The number of carbonyl (C=O) groups is 1. The lowest BCUT2D eigenvalue weighted by Crippen LogP contribution is -2.40. The van der Waals surface area contributed by atoms with Crippen molar-refractivity contribution in [3.63, 3.8) is 0 Å². The van der Waals surface area contributed by atoms with Crippen molar-refractivity contribution in [2.24, 2.45) is 0 Å². The predicted molar refractivity (Wildman–Crippen MR) is 39.9 cm³/mol. The third kappa shape index (κ3) is 2.05. The third-order valence-electron chi connectivity index (χ3n) is 1.65. The first kappa shape index (κ1) is 8.27. The van der Waals surface area contributed by atoms with E-state index in [9.17, 15) is 9.90 Å². The minimum Gasteiger partial charge on any atom is -0.456 e. The standard InChI is InChI=1S/C8H12O3/c1-8(2,10)6-4-3-5-7(9)11-6/h3,5-6,10H,4H2,1-2H3/t6-/m1/s1. The quantitative estimate of drug-likeness (QED) is 0.566. The molecule has 0 fully saturated rings. The van der Waals surface area contributed by atoms with Crippen LogP contribution in [0.15, 0.2) is 12.2 Å². The van der Waals surface area contributed by atoms with Gasteiger partial charge in [-0.1, -0.05) is 6.08 Å². The van der Waals surface area contributed by atoms with Crippen molar-refractivity contribution in [2.45, 2.75) is 32.0 Å².